The van der Waals surface area contributed by atoms with Gasteiger partial charge in [-0.2, -0.15) is 13.2 Å². The molecule has 0 spiro atoms. The van der Waals surface area contributed by atoms with E-state index in [-0.39, 0.29) is 5.69 Å². The lowest BCUT2D eigenvalue weighted by atomic mass is 10.0. The van der Waals surface area contributed by atoms with Crippen LogP contribution in [0.2, 0.25) is 0 Å². The summed E-state index contributed by atoms with van der Waals surface area (Å²) in [6.45, 7) is 3.16. The number of benzene rings is 1. The number of nitrogens with one attached hydrogen (secondary N) is 1. The van der Waals surface area contributed by atoms with Crippen LogP contribution < -0.4 is 10.5 Å². The van der Waals surface area contributed by atoms with Crippen molar-refractivity contribution in [1.29, 1.82) is 0 Å². The highest BCUT2D eigenvalue weighted by molar-refractivity contribution is 7.89. The van der Waals surface area contributed by atoms with Gasteiger partial charge < -0.3 is 10.4 Å². The first-order valence-electron chi connectivity index (χ1n) is 6.07. The minimum absolute atomic E-state index is 0.166. The van der Waals surface area contributed by atoms with Gasteiger partial charge >= 0.3 is 12.1 Å². The summed E-state index contributed by atoms with van der Waals surface area (Å²) in [5, 5.41) is 16.2. The Bertz CT molecular complexity index is 671. The Hall–Kier alpha value is -1.81. The van der Waals surface area contributed by atoms with Crippen molar-refractivity contribution in [3.05, 3.63) is 23.8 Å². The molecular formula is C12H15F3N2O4S. The summed E-state index contributed by atoms with van der Waals surface area (Å²) in [7, 11) is -4.56. The van der Waals surface area contributed by atoms with Crippen LogP contribution in [0, 0.1) is 5.92 Å². The predicted molar refractivity (Wildman–Crippen MR) is 72.7 cm³/mol. The minimum atomic E-state index is -4.95. The summed E-state index contributed by atoms with van der Waals surface area (Å²) in [4.78, 5) is 9.99. The second kappa shape index (κ2) is 6.13. The standard InChI is InChI=1S/C12H15F3N2O4S/c1-6(2)10(11(18)19)17-7-3-4-9(22(16,20)21)8(5-7)12(13,14)15/h3-6,10,17H,1-2H3,(H,18,19)(H2,16,20,21)/t10-/m1/s1. The van der Waals surface area contributed by atoms with E-state index in [9.17, 15) is 26.4 Å². The topological polar surface area (TPSA) is 109 Å². The Kier molecular flexibility index (Phi) is 5.08. The largest absolute Gasteiger partial charge is 0.480 e. The van der Waals surface area contributed by atoms with Gasteiger partial charge in [0.25, 0.3) is 0 Å². The summed E-state index contributed by atoms with van der Waals surface area (Å²) in [6.07, 6.45) is -4.95. The first-order valence-corrected chi connectivity index (χ1v) is 7.62. The summed E-state index contributed by atoms with van der Waals surface area (Å²) in [6, 6.07) is 1.13. The fourth-order valence-electron chi connectivity index (χ4n) is 1.78. The van der Waals surface area contributed by atoms with Gasteiger partial charge in [-0.05, 0) is 24.1 Å². The van der Waals surface area contributed by atoms with E-state index >= 15 is 0 Å². The van der Waals surface area contributed by atoms with Gasteiger partial charge in [-0.3, -0.25) is 0 Å². The van der Waals surface area contributed by atoms with E-state index in [2.05, 4.69) is 5.32 Å². The Labute approximate surface area is 125 Å². The Morgan fingerprint density at radius 2 is 1.86 bits per heavy atom. The molecule has 0 heterocycles. The number of primary sulfonamides is 1. The van der Waals surface area contributed by atoms with E-state index in [1.807, 2.05) is 0 Å². The Balaban J connectivity index is 3.35. The molecule has 0 aliphatic carbocycles. The van der Waals surface area contributed by atoms with Gasteiger partial charge in [0.1, 0.15) is 6.04 Å². The number of aliphatic carboxylic acids is 1. The first kappa shape index (κ1) is 18.2. The van der Waals surface area contributed by atoms with Crippen molar-refractivity contribution in [2.24, 2.45) is 11.1 Å². The third-order valence-electron chi connectivity index (χ3n) is 2.85. The molecule has 0 aliphatic heterocycles. The number of anilines is 1. The van der Waals surface area contributed by atoms with E-state index in [1.165, 1.54) is 0 Å². The van der Waals surface area contributed by atoms with Crippen molar-refractivity contribution in [3.63, 3.8) is 0 Å². The summed E-state index contributed by atoms with van der Waals surface area (Å²) < 4.78 is 61.3. The molecule has 4 N–H and O–H groups in total. The van der Waals surface area contributed by atoms with Crippen LogP contribution in [0.3, 0.4) is 0 Å². The number of rotatable bonds is 5. The van der Waals surface area contributed by atoms with Crippen molar-refractivity contribution in [2.45, 2.75) is 31.0 Å². The van der Waals surface area contributed by atoms with Crippen molar-refractivity contribution < 1.29 is 31.5 Å². The molecule has 0 aliphatic rings. The number of hydrogen-bond donors (Lipinski definition) is 3. The average Bonchev–Trinajstić information content (AvgIpc) is 2.32. The van der Waals surface area contributed by atoms with E-state index in [0.29, 0.717) is 12.1 Å². The van der Waals surface area contributed by atoms with Gasteiger partial charge in [-0.15, -0.1) is 0 Å². The molecule has 1 rings (SSSR count). The molecule has 0 saturated heterocycles. The van der Waals surface area contributed by atoms with Gasteiger partial charge in [0.05, 0.1) is 10.5 Å². The maximum atomic E-state index is 12.9. The SMILES string of the molecule is CC(C)[C@@H](Nc1ccc(S(N)(=O)=O)c(C(F)(F)F)c1)C(=O)O. The molecule has 0 bridgehead atoms. The number of alkyl halides is 3. The highest BCUT2D eigenvalue weighted by atomic mass is 32.2. The van der Waals surface area contributed by atoms with Gasteiger partial charge in [-0.25, -0.2) is 18.4 Å². The smallest absolute Gasteiger partial charge is 0.417 e. The zero-order valence-corrected chi connectivity index (χ0v) is 12.5. The fraction of sp³-hybridized carbons (Fsp3) is 0.417. The van der Waals surface area contributed by atoms with Gasteiger partial charge in [-0.1, -0.05) is 13.8 Å². The molecule has 0 amide bonds. The third-order valence-corrected chi connectivity index (χ3v) is 3.82. The number of nitrogens with two attached hydrogens (primary N) is 1. The van der Waals surface area contributed by atoms with E-state index < -0.39 is 44.6 Å². The first-order chi connectivity index (χ1) is 9.84. The second-order valence-electron chi connectivity index (χ2n) is 4.96. The lowest BCUT2D eigenvalue weighted by Crippen LogP contribution is -2.34. The molecule has 6 nitrogen and oxygen atoms in total. The summed E-state index contributed by atoms with van der Waals surface area (Å²) in [5.74, 6) is -1.64. The zero-order valence-electron chi connectivity index (χ0n) is 11.7. The molecule has 1 atom stereocenters. The monoisotopic (exact) mass is 340 g/mol. The minimum Gasteiger partial charge on any atom is -0.480 e. The van der Waals surface area contributed by atoms with Gasteiger partial charge in [0, 0.05) is 5.69 Å². The number of hydrogen-bond acceptors (Lipinski definition) is 4. The summed E-state index contributed by atoms with van der Waals surface area (Å²) in [5.41, 5.74) is -1.62. The molecule has 1 aromatic rings. The molecule has 0 aromatic heterocycles. The van der Waals surface area contributed by atoms with Crippen LogP contribution in [-0.2, 0) is 21.0 Å². The second-order valence-corrected chi connectivity index (χ2v) is 6.49. The maximum absolute atomic E-state index is 12.9. The number of carboxylic acid groups (broad SMARTS) is 1. The maximum Gasteiger partial charge on any atom is 0.417 e. The molecule has 124 valence electrons. The van der Waals surface area contributed by atoms with Gasteiger partial charge in [0.15, 0.2) is 0 Å². The van der Waals surface area contributed by atoms with Crippen molar-refractivity contribution in [3.8, 4) is 0 Å². The zero-order chi connectivity index (χ0) is 17.3. The molecule has 22 heavy (non-hydrogen) atoms. The number of carbonyl (C=O) groups is 1. The van der Waals surface area contributed by atoms with Crippen LogP contribution in [-0.4, -0.2) is 25.5 Å². The van der Waals surface area contributed by atoms with Crippen molar-refractivity contribution in [1.82, 2.24) is 0 Å². The van der Waals surface area contributed by atoms with E-state index in [4.69, 9.17) is 10.2 Å². The van der Waals surface area contributed by atoms with Crippen molar-refractivity contribution in [2.75, 3.05) is 5.32 Å². The highest BCUT2D eigenvalue weighted by Gasteiger charge is 2.37. The van der Waals surface area contributed by atoms with Crippen LogP contribution in [0.25, 0.3) is 0 Å². The highest BCUT2D eigenvalue weighted by Crippen LogP contribution is 2.35. The number of sulfonamides is 1. The molecule has 0 fully saturated rings. The lowest BCUT2D eigenvalue weighted by molar-refractivity contribution is -0.140. The molecule has 1 aromatic carbocycles. The predicted octanol–water partition coefficient (Wildman–Crippen LogP) is 1.87. The van der Waals surface area contributed by atoms with Gasteiger partial charge in [0.2, 0.25) is 10.0 Å². The Morgan fingerprint density at radius 3 is 2.23 bits per heavy atom. The summed E-state index contributed by atoms with van der Waals surface area (Å²) >= 11 is 0. The van der Waals surface area contributed by atoms with E-state index in [0.717, 1.165) is 6.07 Å². The molecule has 10 heteroatoms. The third kappa shape index (κ3) is 4.34. The molecule has 0 radical (unpaired) electrons. The molecule has 0 unspecified atom stereocenters. The molecular weight excluding hydrogens is 325 g/mol. The lowest BCUT2D eigenvalue weighted by Gasteiger charge is -2.20. The van der Waals surface area contributed by atoms with E-state index in [1.54, 1.807) is 13.8 Å². The van der Waals surface area contributed by atoms with Crippen LogP contribution in [0.4, 0.5) is 18.9 Å². The van der Waals surface area contributed by atoms with Crippen molar-refractivity contribution >= 4 is 21.7 Å². The average molecular weight is 340 g/mol. The Morgan fingerprint density at radius 1 is 1.32 bits per heavy atom. The van der Waals surface area contributed by atoms with Crippen LogP contribution in [0.1, 0.15) is 19.4 Å². The number of carboxylic acids is 1. The fourth-order valence-corrected chi connectivity index (χ4v) is 2.52. The molecule has 0 saturated carbocycles. The quantitative estimate of drug-likeness (QED) is 0.758. The van der Waals surface area contributed by atoms with Crippen LogP contribution in [0.15, 0.2) is 23.1 Å². The normalized spacial score (nSPS) is 14.0. The van der Waals surface area contributed by atoms with Crippen LogP contribution in [0.5, 0.6) is 0 Å². The van der Waals surface area contributed by atoms with Crippen LogP contribution >= 0.6 is 0 Å². The number of halogens is 3.